The minimum Gasteiger partial charge on any atom is -0.394 e. The number of hydrogen-bond donors (Lipinski definition) is 2. The first-order valence-electron chi connectivity index (χ1n) is 7.11. The fraction of sp³-hybridized carbons (Fsp3) is 1.00. The van der Waals surface area contributed by atoms with Gasteiger partial charge < -0.3 is 19.7 Å². The SMILES string of the molecule is CC(C)CCCCCC(O)COCCOCCO. The van der Waals surface area contributed by atoms with Crippen molar-refractivity contribution in [1.29, 1.82) is 0 Å². The summed E-state index contributed by atoms with van der Waals surface area (Å²) in [7, 11) is 0. The van der Waals surface area contributed by atoms with Crippen LogP contribution in [-0.2, 0) is 9.47 Å². The molecule has 0 saturated carbocycles. The summed E-state index contributed by atoms with van der Waals surface area (Å²) in [6.45, 7) is 6.20. The molecule has 2 N–H and O–H groups in total. The van der Waals surface area contributed by atoms with Crippen LogP contribution in [0, 0.1) is 5.92 Å². The molecule has 4 heteroatoms. The molecule has 18 heavy (non-hydrogen) atoms. The Labute approximate surface area is 111 Å². The van der Waals surface area contributed by atoms with Gasteiger partial charge in [-0.15, -0.1) is 0 Å². The van der Waals surface area contributed by atoms with Crippen LogP contribution in [0.3, 0.4) is 0 Å². The Hall–Kier alpha value is -0.160. The molecule has 4 nitrogen and oxygen atoms in total. The van der Waals surface area contributed by atoms with E-state index in [1.165, 1.54) is 19.3 Å². The van der Waals surface area contributed by atoms with Gasteiger partial charge in [0.05, 0.1) is 39.1 Å². The van der Waals surface area contributed by atoms with E-state index in [-0.39, 0.29) is 12.7 Å². The predicted molar refractivity (Wildman–Crippen MR) is 72.7 cm³/mol. The van der Waals surface area contributed by atoms with E-state index in [9.17, 15) is 5.11 Å². The van der Waals surface area contributed by atoms with Crippen molar-refractivity contribution in [2.45, 2.75) is 52.1 Å². The Bertz CT molecular complexity index is 162. The van der Waals surface area contributed by atoms with Crippen molar-refractivity contribution in [2.75, 3.05) is 33.0 Å². The van der Waals surface area contributed by atoms with Gasteiger partial charge in [0, 0.05) is 0 Å². The lowest BCUT2D eigenvalue weighted by molar-refractivity contribution is -0.00466. The highest BCUT2D eigenvalue weighted by atomic mass is 16.5. The van der Waals surface area contributed by atoms with Crippen LogP contribution in [0.5, 0.6) is 0 Å². The second-order valence-corrected chi connectivity index (χ2v) is 5.10. The van der Waals surface area contributed by atoms with Gasteiger partial charge in [-0.05, 0) is 12.3 Å². The van der Waals surface area contributed by atoms with Gasteiger partial charge in [0.15, 0.2) is 0 Å². The smallest absolute Gasteiger partial charge is 0.0773 e. The summed E-state index contributed by atoms with van der Waals surface area (Å²) in [5, 5.41) is 18.1. The quantitative estimate of drug-likeness (QED) is 0.498. The van der Waals surface area contributed by atoms with Gasteiger partial charge >= 0.3 is 0 Å². The number of aliphatic hydroxyl groups excluding tert-OH is 2. The monoisotopic (exact) mass is 262 g/mol. The van der Waals surface area contributed by atoms with Gasteiger partial charge in [-0.1, -0.05) is 39.5 Å². The molecular weight excluding hydrogens is 232 g/mol. The lowest BCUT2D eigenvalue weighted by atomic mass is 10.0. The molecule has 0 aromatic heterocycles. The summed E-state index contributed by atoms with van der Waals surface area (Å²) in [6, 6.07) is 0. The molecular formula is C14H30O4. The summed E-state index contributed by atoms with van der Waals surface area (Å²) in [5.74, 6) is 0.775. The van der Waals surface area contributed by atoms with Gasteiger partial charge in [-0.25, -0.2) is 0 Å². The maximum atomic E-state index is 9.65. The van der Waals surface area contributed by atoms with Gasteiger partial charge in [0.25, 0.3) is 0 Å². The Morgan fingerprint density at radius 2 is 1.56 bits per heavy atom. The summed E-state index contributed by atoms with van der Waals surface area (Å²) in [6.07, 6.45) is 5.24. The van der Waals surface area contributed by atoms with E-state index < -0.39 is 0 Å². The van der Waals surface area contributed by atoms with Crippen molar-refractivity contribution in [1.82, 2.24) is 0 Å². The minimum absolute atomic E-state index is 0.0407. The Morgan fingerprint density at radius 1 is 0.889 bits per heavy atom. The minimum atomic E-state index is -0.359. The maximum absolute atomic E-state index is 9.65. The summed E-state index contributed by atoms with van der Waals surface area (Å²) in [4.78, 5) is 0. The van der Waals surface area contributed by atoms with Crippen molar-refractivity contribution in [3.63, 3.8) is 0 Å². The van der Waals surface area contributed by atoms with Gasteiger partial charge in [0.1, 0.15) is 0 Å². The van der Waals surface area contributed by atoms with Crippen molar-refractivity contribution >= 4 is 0 Å². The molecule has 0 fully saturated rings. The van der Waals surface area contributed by atoms with E-state index in [2.05, 4.69) is 13.8 Å². The van der Waals surface area contributed by atoms with Crippen molar-refractivity contribution in [3.8, 4) is 0 Å². The lowest BCUT2D eigenvalue weighted by Crippen LogP contribution is -2.17. The third-order valence-corrected chi connectivity index (χ3v) is 2.74. The van der Waals surface area contributed by atoms with E-state index >= 15 is 0 Å². The van der Waals surface area contributed by atoms with Crippen LogP contribution < -0.4 is 0 Å². The molecule has 0 radical (unpaired) electrons. The van der Waals surface area contributed by atoms with Crippen LogP contribution in [0.1, 0.15) is 46.0 Å². The summed E-state index contributed by atoms with van der Waals surface area (Å²) in [5.41, 5.74) is 0. The maximum Gasteiger partial charge on any atom is 0.0773 e. The van der Waals surface area contributed by atoms with Gasteiger partial charge in [-0.2, -0.15) is 0 Å². The second kappa shape index (κ2) is 13.3. The average Bonchev–Trinajstić information content (AvgIpc) is 2.33. The van der Waals surface area contributed by atoms with Gasteiger partial charge in [-0.3, -0.25) is 0 Å². The van der Waals surface area contributed by atoms with Gasteiger partial charge in [0.2, 0.25) is 0 Å². The number of hydrogen-bond acceptors (Lipinski definition) is 4. The molecule has 1 atom stereocenters. The predicted octanol–water partition coefficient (Wildman–Crippen LogP) is 1.98. The van der Waals surface area contributed by atoms with Crippen LogP contribution in [0.15, 0.2) is 0 Å². The number of aliphatic hydroxyl groups is 2. The van der Waals surface area contributed by atoms with Crippen LogP contribution in [-0.4, -0.2) is 49.4 Å². The van der Waals surface area contributed by atoms with Crippen molar-refractivity contribution in [3.05, 3.63) is 0 Å². The van der Waals surface area contributed by atoms with Crippen LogP contribution in [0.4, 0.5) is 0 Å². The molecule has 0 heterocycles. The Morgan fingerprint density at radius 3 is 2.22 bits per heavy atom. The zero-order chi connectivity index (χ0) is 13.6. The third-order valence-electron chi connectivity index (χ3n) is 2.74. The fourth-order valence-electron chi connectivity index (χ4n) is 1.70. The molecule has 0 bridgehead atoms. The van der Waals surface area contributed by atoms with E-state index in [4.69, 9.17) is 14.6 Å². The molecule has 0 aliphatic carbocycles. The fourth-order valence-corrected chi connectivity index (χ4v) is 1.70. The molecule has 0 amide bonds. The number of ether oxygens (including phenoxy) is 2. The first kappa shape index (κ1) is 17.8. The standard InChI is InChI=1S/C14H30O4/c1-13(2)6-4-3-5-7-14(16)12-18-11-10-17-9-8-15/h13-16H,3-12H2,1-2H3. The largest absolute Gasteiger partial charge is 0.394 e. The molecule has 0 aromatic rings. The van der Waals surface area contributed by atoms with Crippen molar-refractivity contribution < 1.29 is 19.7 Å². The Balaban J connectivity index is 3.15. The molecule has 1 unspecified atom stereocenters. The average molecular weight is 262 g/mol. The molecule has 0 aliphatic heterocycles. The van der Waals surface area contributed by atoms with E-state index in [1.807, 2.05) is 0 Å². The van der Waals surface area contributed by atoms with Crippen LogP contribution in [0.25, 0.3) is 0 Å². The Kier molecular flexibility index (Phi) is 13.2. The molecule has 110 valence electrons. The van der Waals surface area contributed by atoms with Crippen LogP contribution in [0.2, 0.25) is 0 Å². The second-order valence-electron chi connectivity index (χ2n) is 5.10. The molecule has 0 aliphatic rings. The zero-order valence-electron chi connectivity index (χ0n) is 11.9. The molecule has 0 rings (SSSR count). The molecule has 0 aromatic carbocycles. The first-order valence-corrected chi connectivity index (χ1v) is 7.11. The van der Waals surface area contributed by atoms with Crippen molar-refractivity contribution in [2.24, 2.45) is 5.92 Å². The zero-order valence-corrected chi connectivity index (χ0v) is 11.9. The highest BCUT2D eigenvalue weighted by molar-refractivity contribution is 4.55. The summed E-state index contributed by atoms with van der Waals surface area (Å²) < 4.78 is 10.3. The topological polar surface area (TPSA) is 58.9 Å². The van der Waals surface area contributed by atoms with E-state index in [0.717, 1.165) is 18.8 Å². The van der Waals surface area contributed by atoms with E-state index in [1.54, 1.807) is 0 Å². The molecule has 0 spiro atoms. The first-order chi connectivity index (χ1) is 8.66. The number of unbranched alkanes of at least 4 members (excludes halogenated alkanes) is 2. The highest BCUT2D eigenvalue weighted by Gasteiger charge is 2.04. The van der Waals surface area contributed by atoms with Crippen LogP contribution >= 0.6 is 0 Å². The van der Waals surface area contributed by atoms with E-state index in [0.29, 0.717) is 26.4 Å². The molecule has 0 saturated heterocycles. The lowest BCUT2D eigenvalue weighted by Gasteiger charge is -2.11. The normalized spacial score (nSPS) is 13.2. The summed E-state index contributed by atoms with van der Waals surface area (Å²) >= 11 is 0. The highest BCUT2D eigenvalue weighted by Crippen LogP contribution is 2.10. The third kappa shape index (κ3) is 13.9. The number of rotatable bonds is 13.